The molecule has 0 aliphatic rings. The molecule has 0 N–H and O–H groups in total. The Hall–Kier alpha value is 0.715. The second kappa shape index (κ2) is 12.1. The first-order valence-corrected chi connectivity index (χ1v) is 37.7. The molecule has 222 valence electrons. The van der Waals surface area contributed by atoms with E-state index < -0.39 is 67.5 Å². The monoisotopic (exact) mass is 666 g/mol. The van der Waals surface area contributed by atoms with Crippen LogP contribution in [0, 0.1) is 0 Å². The Morgan fingerprint density at radius 2 is 0.474 bits per heavy atom. The number of rotatable bonds is 14. The van der Waals surface area contributed by atoms with Gasteiger partial charge in [-0.1, -0.05) is 24.3 Å². The molecule has 1 aromatic carbocycles. The van der Waals surface area contributed by atoms with Crippen LogP contribution in [0.25, 0.3) is 0 Å². The van der Waals surface area contributed by atoms with Gasteiger partial charge in [-0.05, 0) is 118 Å². The van der Waals surface area contributed by atoms with Crippen LogP contribution < -0.4 is 10.4 Å². The zero-order valence-electron chi connectivity index (χ0n) is 27.8. The molecule has 0 heterocycles. The summed E-state index contributed by atoms with van der Waals surface area (Å²) in [5, 5.41) is 1.96. The predicted molar refractivity (Wildman–Crippen MR) is 184 cm³/mol. The molecule has 38 heavy (non-hydrogen) atoms. The van der Waals surface area contributed by atoms with Crippen molar-refractivity contribution in [2.75, 3.05) is 0 Å². The quantitative estimate of drug-likeness (QED) is 0.198. The second-order valence-electron chi connectivity index (χ2n) is 15.9. The van der Waals surface area contributed by atoms with Crippen LogP contribution in [-0.4, -0.2) is 67.5 Å². The summed E-state index contributed by atoms with van der Waals surface area (Å²) >= 11 is 0. The fraction of sp³-hybridized carbons (Fsp3) is 0.750. The van der Waals surface area contributed by atoms with Crippen LogP contribution in [0.5, 0.6) is 0 Å². The van der Waals surface area contributed by atoms with Crippen molar-refractivity contribution in [2.45, 2.75) is 118 Å². The number of hydrogen-bond donors (Lipinski definition) is 0. The Bertz CT molecular complexity index is 762. The molecule has 0 unspecified atom stereocenters. The van der Waals surface area contributed by atoms with Gasteiger partial charge in [0.1, 0.15) is 0 Å². The van der Waals surface area contributed by atoms with Gasteiger partial charge in [0.15, 0.2) is 49.9 Å². The average molecular weight is 667 g/mol. The summed E-state index contributed by atoms with van der Waals surface area (Å²) in [6, 6.07) is 8.45. The molecule has 0 bridgehead atoms. The maximum Gasteiger partial charge on any atom is 0.505 e. The maximum absolute atomic E-state index is 7.18. The van der Waals surface area contributed by atoms with E-state index in [0.717, 1.165) is 10.4 Å². The molecule has 0 aliphatic carbocycles. The van der Waals surface area contributed by atoms with E-state index in [-0.39, 0.29) is 0 Å². The summed E-state index contributed by atoms with van der Waals surface area (Å²) in [6.45, 7) is 40.0. The molecule has 0 atom stereocenters. The molecule has 14 heteroatoms. The first-order chi connectivity index (χ1) is 16.5. The molecule has 0 saturated carbocycles. The fourth-order valence-electron chi connectivity index (χ4n) is 3.89. The van der Waals surface area contributed by atoms with E-state index in [2.05, 4.69) is 142 Å². The largest absolute Gasteiger partial charge is 0.505 e. The molecule has 1 rings (SSSR count). The van der Waals surface area contributed by atoms with Crippen molar-refractivity contribution in [3.63, 3.8) is 0 Å². The molecule has 0 fully saturated rings. The third-order valence-electron chi connectivity index (χ3n) is 4.23. The van der Waals surface area contributed by atoms with Gasteiger partial charge in [0.2, 0.25) is 0 Å². The third kappa shape index (κ3) is 13.1. The average Bonchev–Trinajstić information content (AvgIpc) is 2.52. The van der Waals surface area contributed by atoms with Crippen LogP contribution in [0.1, 0.15) is 0 Å². The van der Waals surface area contributed by atoms with Crippen molar-refractivity contribution in [3.8, 4) is 0 Å². The van der Waals surface area contributed by atoms with Gasteiger partial charge in [0.05, 0.1) is 0 Å². The zero-order chi connectivity index (χ0) is 30.2. The molecule has 6 nitrogen and oxygen atoms in total. The molecule has 0 aromatic heterocycles. The minimum absolute atomic E-state index is 0.980. The van der Waals surface area contributed by atoms with Crippen LogP contribution in [-0.2, 0) is 24.7 Å². The maximum atomic E-state index is 7.18. The van der Waals surface area contributed by atoms with E-state index in [1.165, 1.54) is 0 Å². The van der Waals surface area contributed by atoms with Crippen molar-refractivity contribution in [3.05, 3.63) is 24.3 Å². The molecule has 0 radical (unpaired) electrons. The van der Waals surface area contributed by atoms with Crippen molar-refractivity contribution in [1.82, 2.24) is 0 Å². The highest BCUT2D eigenvalue weighted by atomic mass is 28.5. The van der Waals surface area contributed by atoms with Crippen LogP contribution >= 0.6 is 0 Å². The van der Waals surface area contributed by atoms with Crippen molar-refractivity contribution >= 4 is 77.9 Å². The minimum Gasteiger partial charge on any atom is -0.414 e. The van der Waals surface area contributed by atoms with Gasteiger partial charge in [-0.15, -0.1) is 0 Å². The Labute approximate surface area is 243 Å². The van der Waals surface area contributed by atoms with Crippen molar-refractivity contribution in [2.24, 2.45) is 0 Å². The topological polar surface area (TPSA) is 55.4 Å². The van der Waals surface area contributed by atoms with Gasteiger partial charge in [0.25, 0.3) is 0 Å². The number of benzene rings is 1. The molecule has 1 aromatic rings. The van der Waals surface area contributed by atoms with Gasteiger partial charge >= 0.3 is 17.6 Å². The van der Waals surface area contributed by atoms with Crippen LogP contribution in [0.15, 0.2) is 24.3 Å². The lowest BCUT2D eigenvalue weighted by Gasteiger charge is -2.47. The zero-order valence-corrected chi connectivity index (χ0v) is 35.8. The SMILES string of the molecule is C[Si](C)(C)O[Si](O[Si](C)(C)C)(O[Si](C)(C)C)c1ccccc1[Si](O[Si](C)(C)C)(O[Si](C)(C)C)O[Si](C)(C)C. The summed E-state index contributed by atoms with van der Waals surface area (Å²) in [5.74, 6) is 0. The summed E-state index contributed by atoms with van der Waals surface area (Å²) in [7, 11) is -19.6. The van der Waals surface area contributed by atoms with Crippen LogP contribution in [0.3, 0.4) is 0 Å². The lowest BCUT2D eigenvalue weighted by atomic mass is 10.4. The minimum atomic E-state index is -3.43. The van der Waals surface area contributed by atoms with Crippen LogP contribution in [0.4, 0.5) is 0 Å². The van der Waals surface area contributed by atoms with Gasteiger partial charge in [-0.25, -0.2) is 0 Å². The molecule has 0 aliphatic heterocycles. The summed E-state index contributed by atoms with van der Waals surface area (Å²) < 4.78 is 43.1. The molecule has 0 saturated heterocycles. The summed E-state index contributed by atoms with van der Waals surface area (Å²) in [5.41, 5.74) is 0. The van der Waals surface area contributed by atoms with Crippen molar-refractivity contribution in [1.29, 1.82) is 0 Å². The third-order valence-corrected chi connectivity index (χ3v) is 27.8. The number of hydrogen-bond acceptors (Lipinski definition) is 6. The highest BCUT2D eigenvalue weighted by molar-refractivity contribution is 7.02. The highest BCUT2D eigenvalue weighted by Crippen LogP contribution is 2.29. The first-order valence-electron chi connectivity index (χ1n) is 13.8. The van der Waals surface area contributed by atoms with Crippen LogP contribution in [0.2, 0.25) is 118 Å². The first kappa shape index (κ1) is 36.7. The van der Waals surface area contributed by atoms with Crippen molar-refractivity contribution < 1.29 is 24.7 Å². The Balaban J connectivity index is 4.30. The van der Waals surface area contributed by atoms with Gasteiger partial charge in [-0.3, -0.25) is 0 Å². The Morgan fingerprint density at radius 3 is 0.605 bits per heavy atom. The van der Waals surface area contributed by atoms with E-state index in [1.54, 1.807) is 0 Å². The van der Waals surface area contributed by atoms with E-state index in [1.807, 2.05) is 0 Å². The van der Waals surface area contributed by atoms with Gasteiger partial charge in [-0.2, -0.15) is 0 Å². The highest BCUT2D eigenvalue weighted by Gasteiger charge is 2.59. The second-order valence-corrected chi connectivity index (χ2v) is 49.5. The van der Waals surface area contributed by atoms with E-state index in [4.69, 9.17) is 24.7 Å². The Kier molecular flexibility index (Phi) is 11.7. The summed E-state index contributed by atoms with van der Waals surface area (Å²) in [4.78, 5) is 0. The fourth-order valence-corrected chi connectivity index (χ4v) is 31.5. The van der Waals surface area contributed by atoms with E-state index in [0.29, 0.717) is 0 Å². The molecule has 0 spiro atoms. The van der Waals surface area contributed by atoms with E-state index >= 15 is 0 Å². The van der Waals surface area contributed by atoms with E-state index in [9.17, 15) is 0 Å². The smallest absolute Gasteiger partial charge is 0.414 e. The van der Waals surface area contributed by atoms with Gasteiger partial charge in [0, 0.05) is 10.4 Å². The Morgan fingerprint density at radius 1 is 0.316 bits per heavy atom. The lowest BCUT2D eigenvalue weighted by molar-refractivity contribution is 0.265. The standard InChI is InChI=1S/C24H58O6Si8/c1-31(2,3)25-37(26-32(4,5)6,27-33(7,8)9)23-21-19-20-22-24(23)38(28-34(10,11)12,29-35(13,14)15)30-36(16,17)18/h19-22H,1-18H3. The normalized spacial score (nSPS) is 15.2. The molecule has 0 amide bonds. The van der Waals surface area contributed by atoms with Gasteiger partial charge < -0.3 is 24.7 Å². The predicted octanol–water partition coefficient (Wildman–Crippen LogP) is 7.09. The molecular weight excluding hydrogens is 609 g/mol. The lowest BCUT2D eigenvalue weighted by Crippen LogP contribution is -2.77. The summed E-state index contributed by atoms with van der Waals surface area (Å²) in [6.07, 6.45) is 0. The molecular formula is C24H58O6Si8.